The summed E-state index contributed by atoms with van der Waals surface area (Å²) in [6, 6.07) is 0. The maximum atomic E-state index is 2.57. The molecule has 0 radical (unpaired) electrons. The molecule has 0 nitrogen and oxygen atoms in total. The molecule has 0 aromatic carbocycles. The third-order valence-corrected chi connectivity index (χ3v) is 6.63. The van der Waals surface area contributed by atoms with Crippen LogP contribution in [0.2, 0.25) is 0 Å². The maximum Gasteiger partial charge on any atom is -0.0360 e. The predicted molar refractivity (Wildman–Crippen MR) is 89.9 cm³/mol. The van der Waals surface area contributed by atoms with E-state index >= 15 is 0 Å². The Morgan fingerprint density at radius 2 is 1.50 bits per heavy atom. The summed E-state index contributed by atoms with van der Waals surface area (Å²) in [6.07, 6.45) is 18.1. The zero-order valence-electron chi connectivity index (χ0n) is 14.4. The van der Waals surface area contributed by atoms with E-state index in [0.717, 1.165) is 29.6 Å². The van der Waals surface area contributed by atoms with Crippen molar-refractivity contribution in [3.8, 4) is 0 Å². The van der Waals surface area contributed by atoms with E-state index in [1.165, 1.54) is 44.9 Å². The van der Waals surface area contributed by atoms with Gasteiger partial charge in [0.25, 0.3) is 0 Å². The van der Waals surface area contributed by atoms with Crippen LogP contribution < -0.4 is 0 Å². The Balaban J connectivity index is 1.73. The van der Waals surface area contributed by atoms with E-state index in [-0.39, 0.29) is 0 Å². The molecule has 2 fully saturated rings. The average molecular weight is 279 g/mol. The fourth-order valence-electron chi connectivity index (χ4n) is 5.20. The van der Waals surface area contributed by atoms with Crippen molar-refractivity contribution >= 4 is 0 Å². The minimum atomic E-state index is 1.01. The van der Waals surface area contributed by atoms with Gasteiger partial charge < -0.3 is 0 Å². The molecule has 0 heterocycles. The minimum Gasteiger partial charge on any atom is -0.0654 e. The minimum absolute atomic E-state index is 1.01. The van der Waals surface area contributed by atoms with E-state index in [0.29, 0.717) is 0 Å². The van der Waals surface area contributed by atoms with E-state index in [2.05, 4.69) is 20.8 Å². The fraction of sp³-hybridized carbons (Fsp3) is 1.00. The summed E-state index contributed by atoms with van der Waals surface area (Å²) in [5.41, 5.74) is 0. The van der Waals surface area contributed by atoms with Gasteiger partial charge in [-0.25, -0.2) is 0 Å². The van der Waals surface area contributed by atoms with Crippen LogP contribution >= 0.6 is 0 Å². The monoisotopic (exact) mass is 278 g/mol. The van der Waals surface area contributed by atoms with Gasteiger partial charge in [-0.2, -0.15) is 0 Å². The Morgan fingerprint density at radius 1 is 0.800 bits per heavy atom. The molecule has 2 rings (SSSR count). The summed E-state index contributed by atoms with van der Waals surface area (Å²) in [4.78, 5) is 0. The molecule has 118 valence electrons. The second-order valence-corrected chi connectivity index (χ2v) is 8.01. The van der Waals surface area contributed by atoms with E-state index in [1.54, 1.807) is 32.1 Å². The number of hydrogen-bond acceptors (Lipinski definition) is 0. The zero-order valence-corrected chi connectivity index (χ0v) is 14.4. The summed E-state index contributed by atoms with van der Waals surface area (Å²) in [5.74, 6) is 5.31. The molecule has 0 aromatic heterocycles. The Morgan fingerprint density at radius 3 is 2.10 bits per heavy atom. The number of hydrogen-bond donors (Lipinski definition) is 0. The molecule has 0 spiro atoms. The molecule has 0 bridgehead atoms. The van der Waals surface area contributed by atoms with Gasteiger partial charge in [0.05, 0.1) is 0 Å². The van der Waals surface area contributed by atoms with E-state index in [1.807, 2.05) is 0 Å². The van der Waals surface area contributed by atoms with Crippen molar-refractivity contribution in [3.05, 3.63) is 0 Å². The standard InChI is InChI=1S/C20H38/c1-4-6-7-8-18-11-14-20(16(3)15-18)19-12-9-17(5-2)10-13-19/h16-20H,4-15H2,1-3H3. The van der Waals surface area contributed by atoms with Crippen molar-refractivity contribution in [2.45, 2.75) is 97.8 Å². The molecular formula is C20H38. The van der Waals surface area contributed by atoms with Gasteiger partial charge in [-0.15, -0.1) is 0 Å². The highest BCUT2D eigenvalue weighted by molar-refractivity contribution is 4.85. The van der Waals surface area contributed by atoms with E-state index in [4.69, 9.17) is 0 Å². The molecule has 2 aliphatic carbocycles. The first-order chi connectivity index (χ1) is 9.74. The Labute approximate surface area is 128 Å². The summed E-state index contributed by atoms with van der Waals surface area (Å²) in [6.45, 7) is 7.28. The second kappa shape index (κ2) is 8.44. The molecule has 0 N–H and O–H groups in total. The summed E-state index contributed by atoms with van der Waals surface area (Å²) in [5, 5.41) is 0. The van der Waals surface area contributed by atoms with E-state index in [9.17, 15) is 0 Å². The van der Waals surface area contributed by atoms with Crippen LogP contribution in [0.4, 0.5) is 0 Å². The second-order valence-electron chi connectivity index (χ2n) is 8.01. The Bertz CT molecular complexity index is 249. The molecular weight excluding hydrogens is 240 g/mol. The lowest BCUT2D eigenvalue weighted by Crippen LogP contribution is -2.31. The number of rotatable bonds is 6. The summed E-state index contributed by atoms with van der Waals surface area (Å²) < 4.78 is 0. The molecule has 0 amide bonds. The first kappa shape index (κ1) is 16.4. The van der Waals surface area contributed by atoms with Crippen molar-refractivity contribution in [1.82, 2.24) is 0 Å². The molecule has 2 aliphatic rings. The van der Waals surface area contributed by atoms with Crippen LogP contribution in [0.5, 0.6) is 0 Å². The quantitative estimate of drug-likeness (QED) is 0.467. The van der Waals surface area contributed by atoms with Crippen molar-refractivity contribution in [2.75, 3.05) is 0 Å². The van der Waals surface area contributed by atoms with Crippen LogP contribution in [0.1, 0.15) is 97.8 Å². The lowest BCUT2D eigenvalue weighted by molar-refractivity contribution is 0.0930. The first-order valence-electron chi connectivity index (χ1n) is 9.74. The zero-order chi connectivity index (χ0) is 14.4. The van der Waals surface area contributed by atoms with Crippen LogP contribution in [-0.4, -0.2) is 0 Å². The van der Waals surface area contributed by atoms with Crippen LogP contribution in [0.3, 0.4) is 0 Å². The van der Waals surface area contributed by atoms with Gasteiger partial charge in [-0.1, -0.05) is 72.1 Å². The van der Waals surface area contributed by atoms with Crippen LogP contribution in [0.15, 0.2) is 0 Å². The van der Waals surface area contributed by atoms with Crippen LogP contribution in [0, 0.1) is 29.6 Å². The Hall–Kier alpha value is 0. The summed E-state index contributed by atoms with van der Waals surface area (Å²) >= 11 is 0. The highest BCUT2D eigenvalue weighted by Gasteiger charge is 2.34. The fourth-order valence-corrected chi connectivity index (χ4v) is 5.20. The van der Waals surface area contributed by atoms with Crippen LogP contribution in [-0.2, 0) is 0 Å². The third-order valence-electron chi connectivity index (χ3n) is 6.63. The molecule has 0 aromatic rings. The topological polar surface area (TPSA) is 0 Å². The molecule has 0 aliphatic heterocycles. The molecule has 0 saturated heterocycles. The number of unbranched alkanes of at least 4 members (excludes halogenated alkanes) is 2. The molecule has 3 unspecified atom stereocenters. The molecule has 20 heavy (non-hydrogen) atoms. The van der Waals surface area contributed by atoms with Crippen molar-refractivity contribution in [3.63, 3.8) is 0 Å². The van der Waals surface area contributed by atoms with E-state index < -0.39 is 0 Å². The smallest absolute Gasteiger partial charge is 0.0360 e. The lowest BCUT2D eigenvalue weighted by atomic mass is 9.64. The van der Waals surface area contributed by atoms with Gasteiger partial charge in [0.1, 0.15) is 0 Å². The normalized spacial score (nSPS) is 38.9. The average Bonchev–Trinajstić information content (AvgIpc) is 2.48. The van der Waals surface area contributed by atoms with Crippen molar-refractivity contribution in [2.24, 2.45) is 29.6 Å². The molecule has 2 saturated carbocycles. The maximum absolute atomic E-state index is 2.57. The highest BCUT2D eigenvalue weighted by Crippen LogP contribution is 2.45. The van der Waals surface area contributed by atoms with Gasteiger partial charge in [-0.05, 0) is 55.3 Å². The van der Waals surface area contributed by atoms with Crippen molar-refractivity contribution in [1.29, 1.82) is 0 Å². The third kappa shape index (κ3) is 4.50. The largest absolute Gasteiger partial charge is 0.0654 e. The molecule has 3 atom stereocenters. The lowest BCUT2D eigenvalue weighted by Gasteiger charge is -2.41. The van der Waals surface area contributed by atoms with Gasteiger partial charge in [0, 0.05) is 0 Å². The highest BCUT2D eigenvalue weighted by atomic mass is 14.4. The first-order valence-corrected chi connectivity index (χ1v) is 9.74. The SMILES string of the molecule is CCCCCC1CCC(C2CCC(CC)CC2)C(C)C1. The van der Waals surface area contributed by atoms with Crippen LogP contribution in [0.25, 0.3) is 0 Å². The summed E-state index contributed by atoms with van der Waals surface area (Å²) in [7, 11) is 0. The van der Waals surface area contributed by atoms with Gasteiger partial charge in [0.15, 0.2) is 0 Å². The van der Waals surface area contributed by atoms with Gasteiger partial charge in [-0.3, -0.25) is 0 Å². The molecule has 0 heteroatoms. The predicted octanol–water partition coefficient (Wildman–Crippen LogP) is 6.84. The van der Waals surface area contributed by atoms with Gasteiger partial charge >= 0.3 is 0 Å². The van der Waals surface area contributed by atoms with Crippen molar-refractivity contribution < 1.29 is 0 Å². The Kier molecular flexibility index (Phi) is 6.91. The van der Waals surface area contributed by atoms with Gasteiger partial charge in [0.2, 0.25) is 0 Å².